The van der Waals surface area contributed by atoms with Gasteiger partial charge in [0, 0.05) is 31.2 Å². The number of benzene rings is 1. The molecule has 2 saturated heterocycles. The van der Waals surface area contributed by atoms with Crippen LogP contribution in [0, 0.1) is 17.8 Å². The summed E-state index contributed by atoms with van der Waals surface area (Å²) in [6.45, 7) is 3.69. The van der Waals surface area contributed by atoms with E-state index < -0.39 is 0 Å². The number of likely N-dealkylation sites (tertiary alicyclic amines) is 1. The van der Waals surface area contributed by atoms with Crippen molar-refractivity contribution in [1.82, 2.24) is 4.90 Å². The van der Waals surface area contributed by atoms with Gasteiger partial charge in [-0.25, -0.2) is 0 Å². The van der Waals surface area contributed by atoms with Gasteiger partial charge in [0.05, 0.1) is 13.0 Å². The summed E-state index contributed by atoms with van der Waals surface area (Å²) in [7, 11) is 1.63. The van der Waals surface area contributed by atoms with Crippen LogP contribution < -0.4 is 9.64 Å². The van der Waals surface area contributed by atoms with E-state index in [0.717, 1.165) is 36.7 Å². The number of ether oxygens (including phenoxy) is 1. The van der Waals surface area contributed by atoms with Crippen molar-refractivity contribution < 1.29 is 14.3 Å². The van der Waals surface area contributed by atoms with Gasteiger partial charge in [-0.2, -0.15) is 0 Å². The molecule has 27 heavy (non-hydrogen) atoms. The first kappa shape index (κ1) is 18.3. The molecule has 1 aliphatic carbocycles. The van der Waals surface area contributed by atoms with Crippen LogP contribution in [0.2, 0.25) is 0 Å². The van der Waals surface area contributed by atoms with Crippen LogP contribution in [0.15, 0.2) is 24.3 Å². The van der Waals surface area contributed by atoms with Gasteiger partial charge in [-0.3, -0.25) is 9.59 Å². The van der Waals surface area contributed by atoms with E-state index in [2.05, 4.69) is 11.8 Å². The SMILES string of the molecule is COc1ccc(N2C[C@H](C(=O)N3CCC[C@@H]4C[C@@H](C)CC[C@H]43)CC2=O)cc1. The zero-order chi connectivity index (χ0) is 19.0. The van der Waals surface area contributed by atoms with Crippen LogP contribution in [-0.4, -0.2) is 43.0 Å². The number of hydrogen-bond acceptors (Lipinski definition) is 3. The van der Waals surface area contributed by atoms with Crippen molar-refractivity contribution in [2.24, 2.45) is 17.8 Å². The van der Waals surface area contributed by atoms with Gasteiger partial charge in [0.25, 0.3) is 0 Å². The van der Waals surface area contributed by atoms with Gasteiger partial charge >= 0.3 is 0 Å². The first-order valence-electron chi connectivity index (χ1n) is 10.3. The molecule has 1 saturated carbocycles. The molecule has 4 rings (SSSR count). The number of rotatable bonds is 3. The third kappa shape index (κ3) is 3.56. The fourth-order valence-electron chi connectivity index (χ4n) is 5.29. The average Bonchev–Trinajstić information content (AvgIpc) is 3.08. The number of piperidine rings is 1. The number of methoxy groups -OCH3 is 1. The van der Waals surface area contributed by atoms with Gasteiger partial charge in [-0.1, -0.05) is 6.92 Å². The summed E-state index contributed by atoms with van der Waals surface area (Å²) in [6, 6.07) is 7.89. The molecule has 2 aliphatic heterocycles. The van der Waals surface area contributed by atoms with Crippen LogP contribution in [0.1, 0.15) is 45.4 Å². The lowest BCUT2D eigenvalue weighted by atomic mass is 9.74. The van der Waals surface area contributed by atoms with E-state index in [-0.39, 0.29) is 17.7 Å². The molecular weight excluding hydrogens is 340 g/mol. The Balaban J connectivity index is 1.45. The highest BCUT2D eigenvalue weighted by Crippen LogP contribution is 2.39. The maximum atomic E-state index is 13.3. The quantitative estimate of drug-likeness (QED) is 0.819. The molecule has 2 heterocycles. The second kappa shape index (κ2) is 7.53. The van der Waals surface area contributed by atoms with Gasteiger partial charge < -0.3 is 14.5 Å². The Bertz CT molecular complexity index is 702. The van der Waals surface area contributed by atoms with Gasteiger partial charge in [0.2, 0.25) is 11.8 Å². The summed E-state index contributed by atoms with van der Waals surface area (Å²) in [5.41, 5.74) is 0.846. The largest absolute Gasteiger partial charge is 0.497 e. The molecule has 5 nitrogen and oxygen atoms in total. The predicted molar refractivity (Wildman–Crippen MR) is 105 cm³/mol. The third-order valence-corrected chi connectivity index (χ3v) is 6.72. The summed E-state index contributed by atoms with van der Waals surface area (Å²) in [5.74, 6) is 2.23. The Hall–Kier alpha value is -2.04. The number of hydrogen-bond donors (Lipinski definition) is 0. The van der Waals surface area contributed by atoms with Crippen LogP contribution >= 0.6 is 0 Å². The van der Waals surface area contributed by atoms with Crippen molar-refractivity contribution in [3.8, 4) is 5.75 Å². The maximum Gasteiger partial charge on any atom is 0.228 e. The van der Waals surface area contributed by atoms with Crippen LogP contribution in [0.25, 0.3) is 0 Å². The smallest absolute Gasteiger partial charge is 0.228 e. The number of nitrogens with zero attached hydrogens (tertiary/aromatic N) is 2. The molecule has 0 bridgehead atoms. The summed E-state index contributed by atoms with van der Waals surface area (Å²) >= 11 is 0. The first-order valence-corrected chi connectivity index (χ1v) is 10.3. The molecule has 0 spiro atoms. The predicted octanol–water partition coefficient (Wildman–Crippen LogP) is 3.48. The van der Waals surface area contributed by atoms with Gasteiger partial charge in [-0.15, -0.1) is 0 Å². The molecule has 3 aliphatic rings. The highest BCUT2D eigenvalue weighted by molar-refractivity contribution is 6.00. The normalized spacial score (nSPS) is 31.0. The summed E-state index contributed by atoms with van der Waals surface area (Å²) in [6.07, 6.45) is 6.26. The van der Waals surface area contributed by atoms with Gasteiger partial charge in [0.15, 0.2) is 0 Å². The lowest BCUT2D eigenvalue weighted by Crippen LogP contribution is -2.52. The van der Waals surface area contributed by atoms with E-state index in [1.807, 2.05) is 24.3 Å². The van der Waals surface area contributed by atoms with E-state index >= 15 is 0 Å². The molecule has 146 valence electrons. The fraction of sp³-hybridized carbons (Fsp3) is 0.636. The molecule has 5 heteroatoms. The molecule has 0 N–H and O–H groups in total. The second-order valence-corrected chi connectivity index (χ2v) is 8.52. The summed E-state index contributed by atoms with van der Waals surface area (Å²) in [5, 5.41) is 0. The lowest BCUT2D eigenvalue weighted by molar-refractivity contribution is -0.142. The van der Waals surface area contributed by atoms with Crippen LogP contribution in [0.5, 0.6) is 5.75 Å². The van der Waals surface area contributed by atoms with Crippen molar-refractivity contribution in [3.05, 3.63) is 24.3 Å². The van der Waals surface area contributed by atoms with E-state index in [1.165, 1.54) is 19.3 Å². The Morgan fingerprint density at radius 1 is 1.15 bits per heavy atom. The zero-order valence-electron chi connectivity index (χ0n) is 16.4. The van der Waals surface area contributed by atoms with Crippen LogP contribution in [0.4, 0.5) is 5.69 Å². The van der Waals surface area contributed by atoms with E-state index in [1.54, 1.807) is 12.0 Å². The van der Waals surface area contributed by atoms with Crippen LogP contribution in [0.3, 0.4) is 0 Å². The number of carbonyl (C=O) groups excluding carboxylic acids is 2. The maximum absolute atomic E-state index is 13.3. The number of anilines is 1. The molecule has 2 amide bonds. The Kier molecular flexibility index (Phi) is 5.11. The number of carbonyl (C=O) groups is 2. The molecule has 0 aromatic heterocycles. The van der Waals surface area contributed by atoms with Crippen LogP contribution in [-0.2, 0) is 9.59 Å². The molecule has 4 atom stereocenters. The Morgan fingerprint density at radius 3 is 2.67 bits per heavy atom. The molecule has 0 radical (unpaired) electrons. The Labute approximate surface area is 161 Å². The topological polar surface area (TPSA) is 49.9 Å². The number of fused-ring (bicyclic) bond motifs is 1. The molecule has 0 unspecified atom stereocenters. The highest BCUT2D eigenvalue weighted by atomic mass is 16.5. The fourth-order valence-corrected chi connectivity index (χ4v) is 5.29. The molecule has 1 aromatic rings. The number of amides is 2. The minimum absolute atomic E-state index is 0.0457. The summed E-state index contributed by atoms with van der Waals surface area (Å²) < 4.78 is 5.19. The molecular formula is C22H30N2O3. The van der Waals surface area contributed by atoms with E-state index in [9.17, 15) is 9.59 Å². The Morgan fingerprint density at radius 2 is 1.93 bits per heavy atom. The second-order valence-electron chi connectivity index (χ2n) is 8.52. The minimum Gasteiger partial charge on any atom is -0.497 e. The minimum atomic E-state index is -0.210. The van der Waals surface area contributed by atoms with Crippen molar-refractivity contribution in [1.29, 1.82) is 0 Å². The van der Waals surface area contributed by atoms with E-state index in [4.69, 9.17) is 4.74 Å². The van der Waals surface area contributed by atoms with Crippen molar-refractivity contribution in [2.45, 2.75) is 51.5 Å². The lowest BCUT2D eigenvalue weighted by Gasteiger charge is -2.46. The molecule has 1 aromatic carbocycles. The zero-order valence-corrected chi connectivity index (χ0v) is 16.4. The standard InChI is InChI=1S/C22H30N2O3/c1-15-5-10-20-16(12-15)4-3-11-23(20)22(26)17-13-21(25)24(14-17)18-6-8-19(27-2)9-7-18/h6-9,15-17,20H,3-5,10-14H2,1-2H3/t15-,16+,17+,20+/m0/s1. The highest BCUT2D eigenvalue weighted by Gasteiger charge is 2.43. The first-order chi connectivity index (χ1) is 13.1. The van der Waals surface area contributed by atoms with Gasteiger partial charge in [0.1, 0.15) is 5.75 Å². The van der Waals surface area contributed by atoms with E-state index in [0.29, 0.717) is 24.9 Å². The van der Waals surface area contributed by atoms with Crippen molar-refractivity contribution >= 4 is 17.5 Å². The monoisotopic (exact) mass is 370 g/mol. The average molecular weight is 370 g/mol. The molecule has 3 fully saturated rings. The third-order valence-electron chi connectivity index (χ3n) is 6.72. The van der Waals surface area contributed by atoms with Gasteiger partial charge in [-0.05, 0) is 68.2 Å². The summed E-state index contributed by atoms with van der Waals surface area (Å²) in [4.78, 5) is 29.8. The van der Waals surface area contributed by atoms with Crippen molar-refractivity contribution in [3.63, 3.8) is 0 Å². The van der Waals surface area contributed by atoms with Crippen molar-refractivity contribution in [2.75, 3.05) is 25.1 Å².